The molecule has 1 aromatic rings. The number of guanidine groups is 1. The van der Waals surface area contributed by atoms with E-state index < -0.39 is 0 Å². The van der Waals surface area contributed by atoms with Crippen LogP contribution in [0.2, 0.25) is 0 Å². The van der Waals surface area contributed by atoms with E-state index in [4.69, 9.17) is 4.74 Å². The van der Waals surface area contributed by atoms with Gasteiger partial charge < -0.3 is 25.2 Å². The molecule has 1 atom stereocenters. The predicted molar refractivity (Wildman–Crippen MR) is 135 cm³/mol. The van der Waals surface area contributed by atoms with E-state index in [0.29, 0.717) is 31.5 Å². The van der Waals surface area contributed by atoms with E-state index in [2.05, 4.69) is 41.3 Å². The summed E-state index contributed by atoms with van der Waals surface area (Å²) >= 11 is 0. The Bertz CT molecular complexity index is 636. The largest absolute Gasteiger partial charge is 0.378 e. The lowest BCUT2D eigenvalue weighted by molar-refractivity contribution is 0.122. The van der Waals surface area contributed by atoms with Crippen molar-refractivity contribution in [3.8, 4) is 0 Å². The van der Waals surface area contributed by atoms with Crippen LogP contribution in [0.1, 0.15) is 39.2 Å². The minimum Gasteiger partial charge on any atom is -0.378 e. The molecule has 30 heavy (non-hydrogen) atoms. The number of morpholine rings is 1. The Morgan fingerprint density at radius 1 is 1.27 bits per heavy atom. The molecule has 1 aliphatic heterocycles. The molecule has 1 unspecified atom stereocenters. The van der Waals surface area contributed by atoms with Gasteiger partial charge in [0.2, 0.25) is 0 Å². The van der Waals surface area contributed by atoms with Crippen LogP contribution in [0, 0.1) is 5.82 Å². The highest BCUT2D eigenvalue weighted by atomic mass is 127. The van der Waals surface area contributed by atoms with E-state index in [1.807, 2.05) is 17.0 Å². The van der Waals surface area contributed by atoms with E-state index in [1.165, 1.54) is 0 Å². The Hall–Kier alpha value is -1.13. The molecule has 1 aromatic carbocycles. The van der Waals surface area contributed by atoms with Gasteiger partial charge in [0.15, 0.2) is 5.96 Å². The molecule has 0 bridgehead atoms. The van der Waals surface area contributed by atoms with Crippen molar-refractivity contribution >= 4 is 35.6 Å². The summed E-state index contributed by atoms with van der Waals surface area (Å²) in [6, 6.07) is 5.78. The second kappa shape index (κ2) is 14.8. The maximum atomic E-state index is 14.6. The molecule has 6 nitrogen and oxygen atoms in total. The molecule has 0 radical (unpaired) electrons. The topological polar surface area (TPSA) is 52.1 Å². The summed E-state index contributed by atoms with van der Waals surface area (Å²) in [5.74, 6) is 0.567. The van der Waals surface area contributed by atoms with Crippen LogP contribution in [0.3, 0.4) is 0 Å². The number of nitrogens with zero attached hydrogens (tertiary/aromatic N) is 3. The minimum absolute atomic E-state index is 0. The molecule has 0 aliphatic carbocycles. The first-order chi connectivity index (χ1) is 14.1. The zero-order valence-electron chi connectivity index (χ0n) is 18.9. The number of benzene rings is 1. The van der Waals surface area contributed by atoms with Crippen molar-refractivity contribution in [3.05, 3.63) is 29.6 Å². The first-order valence-electron chi connectivity index (χ1n) is 10.9. The summed E-state index contributed by atoms with van der Waals surface area (Å²) in [5.41, 5.74) is 1.55. The number of ether oxygens (including phenoxy) is 1. The summed E-state index contributed by atoms with van der Waals surface area (Å²) in [6.07, 6.45) is 2.24. The fourth-order valence-corrected chi connectivity index (χ4v) is 3.57. The average Bonchev–Trinajstić information content (AvgIpc) is 2.75. The Labute approximate surface area is 198 Å². The summed E-state index contributed by atoms with van der Waals surface area (Å²) < 4.78 is 19.9. The van der Waals surface area contributed by atoms with Gasteiger partial charge in [-0.3, -0.25) is 4.99 Å². The maximum absolute atomic E-state index is 14.6. The zero-order valence-corrected chi connectivity index (χ0v) is 21.2. The van der Waals surface area contributed by atoms with E-state index in [0.717, 1.165) is 57.1 Å². The SMILES string of the molecule is CCN(CC)CCCC(C)NC(=NC)NCc1ccc(N2CCOCC2)c(F)c1.I. The van der Waals surface area contributed by atoms with Gasteiger partial charge in [-0.25, -0.2) is 4.39 Å². The number of aliphatic imine (C=N–C) groups is 1. The fourth-order valence-electron chi connectivity index (χ4n) is 3.57. The Morgan fingerprint density at radius 2 is 1.97 bits per heavy atom. The first kappa shape index (κ1) is 26.9. The second-order valence-corrected chi connectivity index (χ2v) is 7.53. The van der Waals surface area contributed by atoms with Crippen molar-refractivity contribution in [3.63, 3.8) is 0 Å². The van der Waals surface area contributed by atoms with Crippen molar-refractivity contribution in [2.24, 2.45) is 4.99 Å². The molecular formula is C22H39FIN5O. The minimum atomic E-state index is -0.182. The standard InChI is InChI=1S/C22H38FN5O.HI/c1-5-27(6-2)11-7-8-18(3)26-22(24-4)25-17-19-9-10-21(20(23)16-19)28-12-14-29-15-13-28;/h9-10,16,18H,5-8,11-15,17H2,1-4H3,(H2,24,25,26);1H. The molecule has 2 rings (SSSR count). The number of rotatable bonds is 10. The first-order valence-corrected chi connectivity index (χ1v) is 10.9. The van der Waals surface area contributed by atoms with Gasteiger partial charge in [-0.05, 0) is 57.1 Å². The Morgan fingerprint density at radius 3 is 2.57 bits per heavy atom. The lowest BCUT2D eigenvalue weighted by atomic mass is 10.1. The molecule has 1 saturated heterocycles. The van der Waals surface area contributed by atoms with E-state index in [9.17, 15) is 4.39 Å². The Balaban J connectivity index is 0.00000450. The molecule has 0 amide bonds. The van der Waals surface area contributed by atoms with Gasteiger partial charge in [-0.15, -0.1) is 24.0 Å². The van der Waals surface area contributed by atoms with Gasteiger partial charge in [0.1, 0.15) is 5.82 Å². The number of halogens is 2. The normalized spacial score (nSPS) is 15.7. The van der Waals surface area contributed by atoms with Crippen molar-refractivity contribution in [2.75, 3.05) is 57.9 Å². The highest BCUT2D eigenvalue weighted by Crippen LogP contribution is 2.21. The molecular weight excluding hydrogens is 496 g/mol. The number of hydrogen-bond acceptors (Lipinski definition) is 4. The van der Waals surface area contributed by atoms with Gasteiger partial charge in [0.05, 0.1) is 18.9 Å². The van der Waals surface area contributed by atoms with E-state index in [1.54, 1.807) is 13.1 Å². The highest BCUT2D eigenvalue weighted by molar-refractivity contribution is 14.0. The smallest absolute Gasteiger partial charge is 0.191 e. The van der Waals surface area contributed by atoms with Gasteiger partial charge in [-0.2, -0.15) is 0 Å². The Kier molecular flexibility index (Phi) is 13.3. The quantitative estimate of drug-likeness (QED) is 0.273. The van der Waals surface area contributed by atoms with Crippen LogP contribution >= 0.6 is 24.0 Å². The van der Waals surface area contributed by atoms with Crippen molar-refractivity contribution in [1.82, 2.24) is 15.5 Å². The van der Waals surface area contributed by atoms with Crippen molar-refractivity contribution in [2.45, 2.75) is 46.2 Å². The molecule has 0 spiro atoms. The summed E-state index contributed by atoms with van der Waals surface area (Å²) in [7, 11) is 1.76. The van der Waals surface area contributed by atoms with Crippen LogP contribution in [0.25, 0.3) is 0 Å². The van der Waals surface area contributed by atoms with E-state index in [-0.39, 0.29) is 29.8 Å². The van der Waals surface area contributed by atoms with Crippen LogP contribution in [0.4, 0.5) is 10.1 Å². The molecule has 1 aliphatic rings. The maximum Gasteiger partial charge on any atom is 0.191 e. The fraction of sp³-hybridized carbons (Fsp3) is 0.682. The number of hydrogen-bond donors (Lipinski definition) is 2. The monoisotopic (exact) mass is 535 g/mol. The van der Waals surface area contributed by atoms with E-state index >= 15 is 0 Å². The molecule has 0 saturated carbocycles. The zero-order chi connectivity index (χ0) is 21.1. The molecule has 1 fully saturated rings. The molecule has 0 aromatic heterocycles. The summed E-state index contributed by atoms with van der Waals surface area (Å²) in [5, 5.41) is 6.72. The van der Waals surface area contributed by atoms with Gasteiger partial charge in [0, 0.05) is 32.7 Å². The van der Waals surface area contributed by atoms with Crippen LogP contribution in [0.15, 0.2) is 23.2 Å². The molecule has 8 heteroatoms. The van der Waals surface area contributed by atoms with Crippen LogP contribution in [-0.2, 0) is 11.3 Å². The molecule has 2 N–H and O–H groups in total. The summed E-state index contributed by atoms with van der Waals surface area (Å²) in [6.45, 7) is 13.2. The third kappa shape index (κ3) is 8.93. The third-order valence-corrected chi connectivity index (χ3v) is 5.44. The third-order valence-electron chi connectivity index (χ3n) is 5.44. The highest BCUT2D eigenvalue weighted by Gasteiger charge is 2.15. The van der Waals surface area contributed by atoms with Crippen molar-refractivity contribution in [1.29, 1.82) is 0 Å². The lowest BCUT2D eigenvalue weighted by Crippen LogP contribution is -2.42. The van der Waals surface area contributed by atoms with Gasteiger partial charge in [-0.1, -0.05) is 19.9 Å². The van der Waals surface area contributed by atoms with Crippen LogP contribution < -0.4 is 15.5 Å². The second-order valence-electron chi connectivity index (χ2n) is 7.53. The van der Waals surface area contributed by atoms with Crippen molar-refractivity contribution < 1.29 is 9.13 Å². The summed E-state index contributed by atoms with van der Waals surface area (Å²) in [4.78, 5) is 8.78. The average molecular weight is 535 g/mol. The van der Waals surface area contributed by atoms with Gasteiger partial charge in [0.25, 0.3) is 0 Å². The molecule has 172 valence electrons. The molecule has 1 heterocycles. The van der Waals surface area contributed by atoms with Crippen LogP contribution in [0.5, 0.6) is 0 Å². The number of anilines is 1. The van der Waals surface area contributed by atoms with Gasteiger partial charge >= 0.3 is 0 Å². The van der Waals surface area contributed by atoms with Crippen LogP contribution in [-0.4, -0.2) is 69.9 Å². The predicted octanol–water partition coefficient (Wildman–Crippen LogP) is 3.46. The number of nitrogens with one attached hydrogen (secondary N) is 2. The lowest BCUT2D eigenvalue weighted by Gasteiger charge is -2.29.